The average molecular weight is 385 g/mol. The number of rotatable bonds is 5. The Hall–Kier alpha value is -3.60. The molecule has 0 aliphatic carbocycles. The van der Waals surface area contributed by atoms with E-state index < -0.39 is 6.10 Å². The van der Waals surface area contributed by atoms with Crippen molar-refractivity contribution in [3.8, 4) is 17.0 Å². The van der Waals surface area contributed by atoms with Crippen molar-refractivity contribution in [2.24, 2.45) is 0 Å². The normalized spacial score (nSPS) is 12.0. The predicted molar refractivity (Wildman–Crippen MR) is 115 cm³/mol. The van der Waals surface area contributed by atoms with Crippen molar-refractivity contribution in [3.63, 3.8) is 0 Å². The summed E-state index contributed by atoms with van der Waals surface area (Å²) in [5.74, 6) is 0.473. The lowest BCUT2D eigenvalue weighted by Gasteiger charge is -2.16. The molecule has 4 rings (SSSR count). The van der Waals surface area contributed by atoms with Crippen molar-refractivity contribution in [2.45, 2.75) is 26.9 Å². The zero-order valence-corrected chi connectivity index (χ0v) is 16.7. The molecule has 1 N–H and O–H groups in total. The third-order valence-corrected chi connectivity index (χ3v) is 4.89. The lowest BCUT2D eigenvalue weighted by atomic mass is 10.1. The molecule has 0 radical (unpaired) electrons. The SMILES string of the molecule is Cc1ccc(-c2cn3cccc(C)c3n2)cc1NC(=O)C(C)Oc1ccccc1. The summed E-state index contributed by atoms with van der Waals surface area (Å²) in [6.07, 6.45) is 3.37. The van der Waals surface area contributed by atoms with Gasteiger partial charge >= 0.3 is 0 Å². The van der Waals surface area contributed by atoms with Gasteiger partial charge in [0.05, 0.1) is 5.69 Å². The number of imidazole rings is 1. The van der Waals surface area contributed by atoms with Crippen LogP contribution in [0.5, 0.6) is 5.75 Å². The molecule has 0 spiro atoms. The minimum absolute atomic E-state index is 0.194. The van der Waals surface area contributed by atoms with Crippen LogP contribution < -0.4 is 10.1 Å². The van der Waals surface area contributed by atoms with Crippen LogP contribution in [0.15, 0.2) is 73.1 Å². The van der Waals surface area contributed by atoms with Gasteiger partial charge in [0.15, 0.2) is 6.10 Å². The van der Waals surface area contributed by atoms with Gasteiger partial charge in [-0.05, 0) is 56.2 Å². The number of amides is 1. The Morgan fingerprint density at radius 2 is 1.83 bits per heavy atom. The molecule has 1 amide bonds. The fourth-order valence-electron chi connectivity index (χ4n) is 3.20. The predicted octanol–water partition coefficient (Wildman–Crippen LogP) is 5.02. The molecule has 1 atom stereocenters. The second kappa shape index (κ2) is 7.80. The fourth-order valence-corrected chi connectivity index (χ4v) is 3.20. The van der Waals surface area contributed by atoms with Crippen LogP contribution in [0, 0.1) is 13.8 Å². The Labute approximate surface area is 170 Å². The summed E-state index contributed by atoms with van der Waals surface area (Å²) in [6.45, 7) is 5.75. The van der Waals surface area contributed by atoms with E-state index in [1.165, 1.54) is 0 Å². The van der Waals surface area contributed by atoms with Gasteiger partial charge in [0.25, 0.3) is 5.91 Å². The summed E-state index contributed by atoms with van der Waals surface area (Å²) < 4.78 is 7.74. The van der Waals surface area contributed by atoms with Crippen LogP contribution in [0.1, 0.15) is 18.1 Å². The Balaban J connectivity index is 1.56. The maximum absolute atomic E-state index is 12.6. The van der Waals surface area contributed by atoms with Gasteiger partial charge in [-0.2, -0.15) is 0 Å². The van der Waals surface area contributed by atoms with E-state index in [1.54, 1.807) is 6.92 Å². The van der Waals surface area contributed by atoms with Crippen LogP contribution in [0.4, 0.5) is 5.69 Å². The molecule has 0 fully saturated rings. The first kappa shape index (κ1) is 18.7. The molecule has 0 saturated carbocycles. The lowest BCUT2D eigenvalue weighted by molar-refractivity contribution is -0.122. The van der Waals surface area contributed by atoms with Gasteiger partial charge in [0, 0.05) is 23.6 Å². The van der Waals surface area contributed by atoms with Gasteiger partial charge in [0.2, 0.25) is 0 Å². The monoisotopic (exact) mass is 385 g/mol. The van der Waals surface area contributed by atoms with E-state index in [1.807, 2.05) is 91.3 Å². The van der Waals surface area contributed by atoms with Gasteiger partial charge in [-0.3, -0.25) is 4.79 Å². The minimum atomic E-state index is -0.613. The van der Waals surface area contributed by atoms with Crippen molar-refractivity contribution in [1.29, 1.82) is 0 Å². The fraction of sp³-hybridized carbons (Fsp3) is 0.167. The molecule has 5 heteroatoms. The molecule has 4 aromatic rings. The highest BCUT2D eigenvalue weighted by Crippen LogP contribution is 2.26. The number of nitrogens with zero attached hydrogens (tertiary/aromatic N) is 2. The van der Waals surface area contributed by atoms with Crippen molar-refractivity contribution in [3.05, 3.63) is 84.2 Å². The van der Waals surface area contributed by atoms with Gasteiger partial charge in [0.1, 0.15) is 11.4 Å². The second-order valence-corrected chi connectivity index (χ2v) is 7.14. The Morgan fingerprint density at radius 1 is 1.03 bits per heavy atom. The average Bonchev–Trinajstić information content (AvgIpc) is 3.16. The zero-order valence-electron chi connectivity index (χ0n) is 16.7. The number of fused-ring (bicyclic) bond motifs is 1. The molecular weight excluding hydrogens is 362 g/mol. The number of anilines is 1. The first-order valence-electron chi connectivity index (χ1n) is 9.59. The van der Waals surface area contributed by atoms with Crippen LogP contribution in [0.3, 0.4) is 0 Å². The Morgan fingerprint density at radius 3 is 2.59 bits per heavy atom. The number of carbonyl (C=O) groups is 1. The molecule has 29 heavy (non-hydrogen) atoms. The highest BCUT2D eigenvalue weighted by molar-refractivity contribution is 5.95. The summed E-state index contributed by atoms with van der Waals surface area (Å²) >= 11 is 0. The molecule has 0 bridgehead atoms. The van der Waals surface area contributed by atoms with Crippen LogP contribution >= 0.6 is 0 Å². The van der Waals surface area contributed by atoms with E-state index in [-0.39, 0.29) is 5.91 Å². The van der Waals surface area contributed by atoms with E-state index in [0.717, 1.165) is 33.7 Å². The minimum Gasteiger partial charge on any atom is -0.481 e. The zero-order chi connectivity index (χ0) is 20.4. The van der Waals surface area contributed by atoms with Crippen LogP contribution in [0.2, 0.25) is 0 Å². The summed E-state index contributed by atoms with van der Waals surface area (Å²) in [4.78, 5) is 17.4. The molecule has 2 aromatic carbocycles. The quantitative estimate of drug-likeness (QED) is 0.525. The third kappa shape index (κ3) is 3.99. The van der Waals surface area contributed by atoms with Crippen molar-refractivity contribution in [1.82, 2.24) is 9.38 Å². The van der Waals surface area contributed by atoms with E-state index in [4.69, 9.17) is 9.72 Å². The maximum atomic E-state index is 12.6. The number of ether oxygens (including phenoxy) is 1. The Bertz CT molecular complexity index is 1170. The lowest BCUT2D eigenvalue weighted by Crippen LogP contribution is -2.30. The van der Waals surface area contributed by atoms with E-state index in [2.05, 4.69) is 5.32 Å². The molecule has 2 aromatic heterocycles. The highest BCUT2D eigenvalue weighted by atomic mass is 16.5. The number of benzene rings is 2. The number of nitrogens with one attached hydrogen (secondary N) is 1. The summed E-state index contributed by atoms with van der Waals surface area (Å²) in [5, 5.41) is 2.99. The van der Waals surface area contributed by atoms with E-state index in [9.17, 15) is 4.79 Å². The molecule has 5 nitrogen and oxygen atoms in total. The smallest absolute Gasteiger partial charge is 0.265 e. The largest absolute Gasteiger partial charge is 0.481 e. The van der Waals surface area contributed by atoms with Crippen molar-refractivity contribution < 1.29 is 9.53 Å². The molecule has 0 aliphatic heterocycles. The number of para-hydroxylation sites is 1. The van der Waals surface area contributed by atoms with Crippen LogP contribution in [0.25, 0.3) is 16.9 Å². The van der Waals surface area contributed by atoms with Crippen molar-refractivity contribution in [2.75, 3.05) is 5.32 Å². The maximum Gasteiger partial charge on any atom is 0.265 e. The van der Waals surface area contributed by atoms with Gasteiger partial charge < -0.3 is 14.5 Å². The molecule has 1 unspecified atom stereocenters. The number of pyridine rings is 1. The highest BCUT2D eigenvalue weighted by Gasteiger charge is 2.16. The standard InChI is InChI=1S/C24H23N3O2/c1-16-11-12-19(22-15-27-13-7-8-17(2)23(27)25-22)14-21(16)26-24(28)18(3)29-20-9-5-4-6-10-20/h4-15,18H,1-3H3,(H,26,28). The second-order valence-electron chi connectivity index (χ2n) is 7.14. The third-order valence-electron chi connectivity index (χ3n) is 4.89. The summed E-state index contributed by atoms with van der Waals surface area (Å²) in [7, 11) is 0. The first-order valence-corrected chi connectivity index (χ1v) is 9.59. The topological polar surface area (TPSA) is 55.6 Å². The number of carbonyl (C=O) groups excluding carboxylic acids is 1. The summed E-state index contributed by atoms with van der Waals surface area (Å²) in [5.41, 5.74) is 5.59. The molecule has 146 valence electrons. The van der Waals surface area contributed by atoms with Gasteiger partial charge in [-0.15, -0.1) is 0 Å². The molecule has 2 heterocycles. The van der Waals surface area contributed by atoms with Gasteiger partial charge in [-0.1, -0.05) is 36.4 Å². The number of hydrogen-bond donors (Lipinski definition) is 1. The van der Waals surface area contributed by atoms with Crippen LogP contribution in [-0.2, 0) is 4.79 Å². The van der Waals surface area contributed by atoms with E-state index in [0.29, 0.717) is 5.75 Å². The van der Waals surface area contributed by atoms with Crippen molar-refractivity contribution >= 4 is 17.2 Å². The van der Waals surface area contributed by atoms with E-state index >= 15 is 0 Å². The number of aryl methyl sites for hydroxylation is 2. The molecule has 0 aliphatic rings. The Kier molecular flexibility index (Phi) is 5.04. The first-order chi connectivity index (χ1) is 14.0. The summed E-state index contributed by atoms with van der Waals surface area (Å²) in [6, 6.07) is 19.4. The number of hydrogen-bond acceptors (Lipinski definition) is 3. The number of aromatic nitrogens is 2. The molecular formula is C24H23N3O2. The van der Waals surface area contributed by atoms with Gasteiger partial charge in [-0.25, -0.2) is 4.98 Å². The molecule has 0 saturated heterocycles. The van der Waals surface area contributed by atoms with Crippen LogP contribution in [-0.4, -0.2) is 21.4 Å².